The second kappa shape index (κ2) is 6.97. The lowest BCUT2D eigenvalue weighted by Crippen LogP contribution is -2.13. The molecular formula is C15H13BrCl2FNO. The predicted molar refractivity (Wildman–Crippen MR) is 87.8 cm³/mol. The van der Waals surface area contributed by atoms with Crippen molar-refractivity contribution in [3.05, 3.63) is 61.8 Å². The maximum Gasteiger partial charge on any atom is 0.139 e. The zero-order valence-electron chi connectivity index (χ0n) is 11.2. The van der Waals surface area contributed by atoms with Crippen LogP contribution >= 0.6 is 39.1 Å². The molecule has 2 aromatic carbocycles. The van der Waals surface area contributed by atoms with Crippen LogP contribution in [0.3, 0.4) is 0 Å². The van der Waals surface area contributed by atoms with Crippen molar-refractivity contribution < 1.29 is 9.13 Å². The average Bonchev–Trinajstić information content (AvgIpc) is 2.44. The molecule has 2 nitrogen and oxygen atoms in total. The maximum absolute atomic E-state index is 13.4. The fourth-order valence-electron chi connectivity index (χ4n) is 1.97. The summed E-state index contributed by atoms with van der Waals surface area (Å²) in [7, 11) is 0. The highest BCUT2D eigenvalue weighted by Crippen LogP contribution is 2.37. The molecule has 1 atom stereocenters. The third kappa shape index (κ3) is 3.69. The van der Waals surface area contributed by atoms with Gasteiger partial charge in [-0.15, -0.1) is 0 Å². The highest BCUT2D eigenvalue weighted by molar-refractivity contribution is 9.10. The third-order valence-corrected chi connectivity index (χ3v) is 4.32. The van der Waals surface area contributed by atoms with Gasteiger partial charge in [-0.05, 0) is 42.3 Å². The van der Waals surface area contributed by atoms with Crippen LogP contribution in [0.15, 0.2) is 34.8 Å². The van der Waals surface area contributed by atoms with Crippen LogP contribution in [0, 0.1) is 5.82 Å². The molecule has 0 aliphatic carbocycles. The Balaban J connectivity index is 2.46. The van der Waals surface area contributed by atoms with Gasteiger partial charge in [-0.1, -0.05) is 39.1 Å². The Morgan fingerprint density at radius 3 is 2.57 bits per heavy atom. The van der Waals surface area contributed by atoms with E-state index in [2.05, 4.69) is 15.9 Å². The molecule has 0 radical (unpaired) electrons. The number of hydrogen-bond donors (Lipinski definition) is 1. The van der Waals surface area contributed by atoms with Crippen LogP contribution in [-0.2, 0) is 0 Å². The van der Waals surface area contributed by atoms with Gasteiger partial charge in [-0.2, -0.15) is 0 Å². The summed E-state index contributed by atoms with van der Waals surface area (Å²) >= 11 is 15.8. The standard InChI is InChI=1S/C15H13BrCl2FNO/c1-2-21-14-7-12(17)10(6-13(14)18)15(20)9-5-8(19)3-4-11(9)16/h3-7,15H,2,20H2,1H3. The highest BCUT2D eigenvalue weighted by atomic mass is 79.9. The van der Waals surface area contributed by atoms with Gasteiger partial charge >= 0.3 is 0 Å². The fraction of sp³-hybridized carbons (Fsp3) is 0.200. The van der Waals surface area contributed by atoms with E-state index in [1.807, 2.05) is 6.92 Å². The van der Waals surface area contributed by atoms with Crippen molar-refractivity contribution in [3.8, 4) is 5.75 Å². The molecule has 0 heterocycles. The van der Waals surface area contributed by atoms with Crippen LogP contribution in [0.1, 0.15) is 24.1 Å². The van der Waals surface area contributed by atoms with Crippen LogP contribution in [0.2, 0.25) is 10.0 Å². The van der Waals surface area contributed by atoms with Crippen LogP contribution < -0.4 is 10.5 Å². The SMILES string of the molecule is CCOc1cc(Cl)c(C(N)c2cc(F)ccc2Br)cc1Cl. The summed E-state index contributed by atoms with van der Waals surface area (Å²) in [4.78, 5) is 0. The molecule has 2 aromatic rings. The van der Waals surface area contributed by atoms with Crippen molar-refractivity contribution in [2.24, 2.45) is 5.73 Å². The van der Waals surface area contributed by atoms with Gasteiger partial charge in [0.2, 0.25) is 0 Å². The molecule has 2 N–H and O–H groups in total. The fourth-order valence-corrected chi connectivity index (χ4v) is 2.96. The quantitative estimate of drug-likeness (QED) is 0.761. The maximum atomic E-state index is 13.4. The molecule has 21 heavy (non-hydrogen) atoms. The van der Waals surface area contributed by atoms with Gasteiger partial charge in [-0.25, -0.2) is 4.39 Å². The second-order valence-corrected chi connectivity index (χ2v) is 6.05. The summed E-state index contributed by atoms with van der Waals surface area (Å²) in [5.41, 5.74) is 7.40. The van der Waals surface area contributed by atoms with E-state index in [0.29, 0.717) is 38.0 Å². The van der Waals surface area contributed by atoms with Crippen LogP contribution in [0.5, 0.6) is 5.75 Å². The lowest BCUT2D eigenvalue weighted by molar-refractivity contribution is 0.340. The first-order valence-corrected chi connectivity index (χ1v) is 7.81. The van der Waals surface area contributed by atoms with Crippen LogP contribution in [-0.4, -0.2) is 6.61 Å². The third-order valence-electron chi connectivity index (χ3n) is 2.98. The van der Waals surface area contributed by atoms with Crippen LogP contribution in [0.4, 0.5) is 4.39 Å². The summed E-state index contributed by atoms with van der Waals surface area (Å²) in [5.74, 6) is 0.134. The van der Waals surface area contributed by atoms with Crippen molar-refractivity contribution in [1.29, 1.82) is 0 Å². The summed E-state index contributed by atoms with van der Waals surface area (Å²) < 4.78 is 19.5. The van der Waals surface area contributed by atoms with E-state index in [1.165, 1.54) is 12.1 Å². The Bertz CT molecular complexity index is 666. The second-order valence-electron chi connectivity index (χ2n) is 4.38. The van der Waals surface area contributed by atoms with E-state index in [0.717, 1.165) is 0 Å². The number of halogens is 4. The molecule has 0 saturated carbocycles. The van der Waals surface area contributed by atoms with E-state index in [9.17, 15) is 4.39 Å². The minimum atomic E-state index is -0.601. The molecule has 0 spiro atoms. The normalized spacial score (nSPS) is 12.3. The molecule has 6 heteroatoms. The van der Waals surface area contributed by atoms with Gasteiger partial charge in [-0.3, -0.25) is 0 Å². The van der Waals surface area contributed by atoms with E-state index in [4.69, 9.17) is 33.7 Å². The monoisotopic (exact) mass is 391 g/mol. The molecule has 0 aromatic heterocycles. The largest absolute Gasteiger partial charge is 0.492 e. The van der Waals surface area contributed by atoms with E-state index in [1.54, 1.807) is 18.2 Å². The molecule has 0 bridgehead atoms. The summed E-state index contributed by atoms with van der Waals surface area (Å²) in [6.07, 6.45) is 0. The molecule has 0 saturated heterocycles. The van der Waals surface area contributed by atoms with Crippen molar-refractivity contribution >= 4 is 39.1 Å². The van der Waals surface area contributed by atoms with Gasteiger partial charge in [0.25, 0.3) is 0 Å². The Morgan fingerprint density at radius 2 is 1.90 bits per heavy atom. The molecule has 0 fully saturated rings. The molecular weight excluding hydrogens is 380 g/mol. The number of hydrogen-bond acceptors (Lipinski definition) is 2. The van der Waals surface area contributed by atoms with Gasteiger partial charge in [0.05, 0.1) is 17.7 Å². The first-order chi connectivity index (χ1) is 9.93. The topological polar surface area (TPSA) is 35.2 Å². The zero-order chi connectivity index (χ0) is 15.6. The van der Waals surface area contributed by atoms with Crippen molar-refractivity contribution in [2.75, 3.05) is 6.61 Å². The van der Waals surface area contributed by atoms with E-state index in [-0.39, 0.29) is 5.82 Å². The van der Waals surface area contributed by atoms with Gasteiger partial charge in [0.1, 0.15) is 11.6 Å². The molecule has 112 valence electrons. The van der Waals surface area contributed by atoms with E-state index < -0.39 is 6.04 Å². The lowest BCUT2D eigenvalue weighted by Gasteiger charge is -2.18. The highest BCUT2D eigenvalue weighted by Gasteiger charge is 2.18. The smallest absolute Gasteiger partial charge is 0.139 e. The average molecular weight is 393 g/mol. The summed E-state index contributed by atoms with van der Waals surface area (Å²) in [6, 6.07) is 7.00. The van der Waals surface area contributed by atoms with Crippen molar-refractivity contribution in [2.45, 2.75) is 13.0 Å². The number of ether oxygens (including phenoxy) is 1. The zero-order valence-corrected chi connectivity index (χ0v) is 14.3. The van der Waals surface area contributed by atoms with Gasteiger partial charge < -0.3 is 10.5 Å². The van der Waals surface area contributed by atoms with Gasteiger partial charge in [0, 0.05) is 15.6 Å². The molecule has 1 unspecified atom stereocenters. The Hall–Kier alpha value is -0.810. The first-order valence-electron chi connectivity index (χ1n) is 6.26. The Kier molecular flexibility index (Phi) is 5.49. The minimum Gasteiger partial charge on any atom is -0.492 e. The van der Waals surface area contributed by atoms with Gasteiger partial charge in [0.15, 0.2) is 0 Å². The minimum absolute atomic E-state index is 0.364. The molecule has 0 amide bonds. The number of nitrogens with two attached hydrogens (primary N) is 1. The Morgan fingerprint density at radius 1 is 1.19 bits per heavy atom. The van der Waals surface area contributed by atoms with Crippen LogP contribution in [0.25, 0.3) is 0 Å². The summed E-state index contributed by atoms with van der Waals surface area (Å²) in [5, 5.41) is 0.839. The first kappa shape index (κ1) is 16.6. The van der Waals surface area contributed by atoms with Crippen molar-refractivity contribution in [3.63, 3.8) is 0 Å². The Labute approximate surface area is 141 Å². The molecule has 0 aliphatic rings. The van der Waals surface area contributed by atoms with Crippen molar-refractivity contribution in [1.82, 2.24) is 0 Å². The number of benzene rings is 2. The number of rotatable bonds is 4. The predicted octanol–water partition coefficient (Wildman–Crippen LogP) is 5.34. The molecule has 2 rings (SSSR count). The molecule has 0 aliphatic heterocycles. The van der Waals surface area contributed by atoms with E-state index >= 15 is 0 Å². The lowest BCUT2D eigenvalue weighted by atomic mass is 9.99. The summed E-state index contributed by atoms with van der Waals surface area (Å²) in [6.45, 7) is 2.34.